The van der Waals surface area contributed by atoms with E-state index in [1.807, 2.05) is 66.7 Å². The Morgan fingerprint density at radius 3 is 2.28 bits per heavy atom. The Morgan fingerprint density at radius 1 is 0.966 bits per heavy atom. The Hall–Kier alpha value is -3.77. The number of rotatable bonds is 6. The van der Waals surface area contributed by atoms with Crippen molar-refractivity contribution in [3.05, 3.63) is 117 Å². The number of nitro groups is 1. The van der Waals surface area contributed by atoms with Crippen molar-refractivity contribution in [2.24, 2.45) is 5.10 Å². The topological polar surface area (TPSA) is 84.6 Å². The molecule has 3 aromatic rings. The smallest absolute Gasteiger partial charge is 0.267 e. The Kier molecular flexibility index (Phi) is 6.50. The monoisotopic (exact) mass is 405 g/mol. The minimum absolute atomic E-state index is 0.0363. The number of carbonyl (C=O) groups is 1. The summed E-state index contributed by atoms with van der Waals surface area (Å²) in [6, 6.07) is 22.9. The van der Waals surface area contributed by atoms with Gasteiger partial charge >= 0.3 is 0 Å². The van der Waals surface area contributed by atoms with E-state index in [-0.39, 0.29) is 16.3 Å². The highest BCUT2D eigenvalue weighted by molar-refractivity contribution is 6.32. The van der Waals surface area contributed by atoms with Gasteiger partial charge in [-0.05, 0) is 23.8 Å². The van der Waals surface area contributed by atoms with Crippen molar-refractivity contribution in [1.29, 1.82) is 0 Å². The average Bonchev–Trinajstić information content (AvgIpc) is 2.75. The van der Waals surface area contributed by atoms with Gasteiger partial charge in [0.1, 0.15) is 5.02 Å². The number of allylic oxidation sites excluding steroid dienone is 1. The number of halogens is 1. The summed E-state index contributed by atoms with van der Waals surface area (Å²) in [5.74, 6) is -0.577. The fourth-order valence-electron chi connectivity index (χ4n) is 2.52. The molecule has 0 fully saturated rings. The van der Waals surface area contributed by atoms with Crippen molar-refractivity contribution in [1.82, 2.24) is 5.43 Å². The largest absolute Gasteiger partial charge is 0.288 e. The molecule has 0 spiro atoms. The molecule has 3 aromatic carbocycles. The van der Waals surface area contributed by atoms with Crippen molar-refractivity contribution in [2.45, 2.75) is 0 Å². The van der Waals surface area contributed by atoms with Gasteiger partial charge in [-0.2, -0.15) is 5.10 Å². The van der Waals surface area contributed by atoms with E-state index in [9.17, 15) is 14.9 Å². The lowest BCUT2D eigenvalue weighted by Gasteiger charge is -2.05. The average molecular weight is 406 g/mol. The lowest BCUT2D eigenvalue weighted by atomic mass is 10.1. The second kappa shape index (κ2) is 9.43. The Balaban J connectivity index is 1.86. The van der Waals surface area contributed by atoms with Crippen LogP contribution in [0.15, 0.2) is 90.0 Å². The van der Waals surface area contributed by atoms with E-state index in [0.29, 0.717) is 5.71 Å². The highest BCUT2D eigenvalue weighted by Gasteiger charge is 2.16. The van der Waals surface area contributed by atoms with E-state index in [1.54, 1.807) is 6.08 Å². The molecule has 7 heteroatoms. The van der Waals surface area contributed by atoms with Crippen molar-refractivity contribution < 1.29 is 9.72 Å². The molecule has 0 bridgehead atoms. The number of hydrogen-bond donors (Lipinski definition) is 1. The molecule has 3 rings (SSSR count). The molecule has 0 aliphatic carbocycles. The second-order valence-electron chi connectivity index (χ2n) is 5.97. The maximum atomic E-state index is 12.4. The van der Waals surface area contributed by atoms with E-state index in [4.69, 9.17) is 11.6 Å². The molecule has 0 radical (unpaired) electrons. The van der Waals surface area contributed by atoms with Crippen LogP contribution in [0.4, 0.5) is 5.69 Å². The minimum atomic E-state index is -0.639. The van der Waals surface area contributed by atoms with Crippen molar-refractivity contribution >= 4 is 35.0 Å². The molecule has 144 valence electrons. The predicted molar refractivity (Wildman–Crippen MR) is 114 cm³/mol. The van der Waals surface area contributed by atoms with Gasteiger partial charge in [0, 0.05) is 17.2 Å². The number of nitrogens with zero attached hydrogens (tertiary/aromatic N) is 2. The first-order valence-corrected chi connectivity index (χ1v) is 9.03. The summed E-state index contributed by atoms with van der Waals surface area (Å²) in [5, 5.41) is 15.2. The van der Waals surface area contributed by atoms with Gasteiger partial charge in [-0.1, -0.05) is 78.3 Å². The number of nitro benzene ring substituents is 1. The number of carbonyl (C=O) groups excluding carboxylic acids is 1. The van der Waals surface area contributed by atoms with Gasteiger partial charge in [-0.25, -0.2) is 5.43 Å². The third kappa shape index (κ3) is 5.37. The molecular formula is C22H16ClN3O3. The van der Waals surface area contributed by atoms with E-state index >= 15 is 0 Å². The number of benzene rings is 3. The third-order valence-electron chi connectivity index (χ3n) is 3.99. The van der Waals surface area contributed by atoms with Gasteiger partial charge in [-0.3, -0.25) is 14.9 Å². The van der Waals surface area contributed by atoms with Crippen molar-refractivity contribution in [2.75, 3.05) is 0 Å². The van der Waals surface area contributed by atoms with E-state index < -0.39 is 10.8 Å². The van der Waals surface area contributed by atoms with Gasteiger partial charge in [0.15, 0.2) is 0 Å². The molecule has 1 N–H and O–H groups in total. The fraction of sp³-hybridized carbons (Fsp3) is 0. The van der Waals surface area contributed by atoms with Gasteiger partial charge < -0.3 is 0 Å². The quantitative estimate of drug-likeness (QED) is 0.352. The molecule has 0 aliphatic rings. The van der Waals surface area contributed by atoms with Crippen molar-refractivity contribution in [3.8, 4) is 0 Å². The third-order valence-corrected chi connectivity index (χ3v) is 4.31. The standard InChI is InChI=1S/C22H16ClN3O3/c23-19-13-12-18(15-21(19)26(28)29)22(27)25-24-20(17-9-5-2-6-10-17)14-11-16-7-3-1-4-8-16/h1-15H,(H,25,27)/b14-11+,24-20-. The van der Waals surface area contributed by atoms with E-state index in [1.165, 1.54) is 12.1 Å². The summed E-state index contributed by atoms with van der Waals surface area (Å²) in [6.45, 7) is 0. The lowest BCUT2D eigenvalue weighted by Crippen LogP contribution is -2.19. The summed E-state index contributed by atoms with van der Waals surface area (Å²) in [7, 11) is 0. The van der Waals surface area contributed by atoms with E-state index in [2.05, 4.69) is 10.5 Å². The SMILES string of the molecule is O=C(N/N=C(/C=C/c1ccccc1)c1ccccc1)c1ccc(Cl)c([N+](=O)[O-])c1. The Labute approximate surface area is 172 Å². The summed E-state index contributed by atoms with van der Waals surface area (Å²) < 4.78 is 0. The molecule has 0 saturated heterocycles. The van der Waals surface area contributed by atoms with Crippen LogP contribution in [-0.4, -0.2) is 16.5 Å². The molecule has 0 atom stereocenters. The van der Waals surface area contributed by atoms with Crippen LogP contribution in [0.5, 0.6) is 0 Å². The van der Waals surface area contributed by atoms with Crippen LogP contribution in [0.1, 0.15) is 21.5 Å². The number of nitrogens with one attached hydrogen (secondary N) is 1. The maximum absolute atomic E-state index is 12.4. The zero-order valence-corrected chi connectivity index (χ0v) is 15.9. The Bertz CT molecular complexity index is 1080. The maximum Gasteiger partial charge on any atom is 0.288 e. The molecule has 0 aromatic heterocycles. The van der Waals surface area contributed by atoms with Crippen LogP contribution in [0.2, 0.25) is 5.02 Å². The molecule has 0 saturated carbocycles. The molecular weight excluding hydrogens is 390 g/mol. The molecule has 1 amide bonds. The van der Waals surface area contributed by atoms with Crippen LogP contribution < -0.4 is 5.43 Å². The zero-order valence-electron chi connectivity index (χ0n) is 15.2. The number of hydrazone groups is 1. The molecule has 0 aliphatic heterocycles. The van der Waals surface area contributed by atoms with Gasteiger partial charge in [0.25, 0.3) is 11.6 Å². The highest BCUT2D eigenvalue weighted by atomic mass is 35.5. The molecule has 29 heavy (non-hydrogen) atoms. The number of amides is 1. The van der Waals surface area contributed by atoms with Crippen LogP contribution in [0.25, 0.3) is 6.08 Å². The van der Waals surface area contributed by atoms with Crippen molar-refractivity contribution in [3.63, 3.8) is 0 Å². The summed E-state index contributed by atoms with van der Waals surface area (Å²) in [4.78, 5) is 22.8. The lowest BCUT2D eigenvalue weighted by molar-refractivity contribution is -0.384. The van der Waals surface area contributed by atoms with Gasteiger partial charge in [0.05, 0.1) is 10.6 Å². The van der Waals surface area contributed by atoms with Gasteiger partial charge in [-0.15, -0.1) is 0 Å². The van der Waals surface area contributed by atoms with Crippen LogP contribution in [0.3, 0.4) is 0 Å². The van der Waals surface area contributed by atoms with Crippen LogP contribution >= 0.6 is 11.6 Å². The Morgan fingerprint density at radius 2 is 1.62 bits per heavy atom. The molecule has 0 unspecified atom stereocenters. The minimum Gasteiger partial charge on any atom is -0.267 e. The first-order valence-electron chi connectivity index (χ1n) is 8.65. The van der Waals surface area contributed by atoms with Crippen LogP contribution in [0, 0.1) is 10.1 Å². The summed E-state index contributed by atoms with van der Waals surface area (Å²) in [6.07, 6.45) is 3.67. The highest BCUT2D eigenvalue weighted by Crippen LogP contribution is 2.25. The molecule has 6 nitrogen and oxygen atoms in total. The second-order valence-corrected chi connectivity index (χ2v) is 6.38. The first-order chi connectivity index (χ1) is 14.0. The number of hydrogen-bond acceptors (Lipinski definition) is 4. The summed E-state index contributed by atoms with van der Waals surface area (Å²) >= 11 is 5.79. The van der Waals surface area contributed by atoms with Crippen LogP contribution in [-0.2, 0) is 0 Å². The van der Waals surface area contributed by atoms with E-state index in [0.717, 1.165) is 17.2 Å². The van der Waals surface area contributed by atoms with Gasteiger partial charge in [0.2, 0.25) is 0 Å². The zero-order chi connectivity index (χ0) is 20.6. The normalized spacial score (nSPS) is 11.4. The summed E-state index contributed by atoms with van der Waals surface area (Å²) in [5.41, 5.74) is 4.52. The first kappa shape index (κ1) is 20.0. The fourth-order valence-corrected chi connectivity index (χ4v) is 2.70. The predicted octanol–water partition coefficient (Wildman–Crippen LogP) is 5.10. The molecule has 0 heterocycles.